The molecule has 1 N–H and O–H groups in total. The van der Waals surface area contributed by atoms with E-state index < -0.39 is 18.0 Å². The van der Waals surface area contributed by atoms with Gasteiger partial charge in [-0.05, 0) is 31.2 Å². The van der Waals surface area contributed by atoms with Crippen molar-refractivity contribution in [2.45, 2.75) is 13.0 Å². The third-order valence-electron chi connectivity index (χ3n) is 3.49. The van der Waals surface area contributed by atoms with Crippen LogP contribution in [0.25, 0.3) is 0 Å². The number of amides is 1. The number of anilines is 1. The highest BCUT2D eigenvalue weighted by atomic mass is 35.5. The number of hydrogen-bond donors (Lipinski definition) is 1. The average molecular weight is 398 g/mol. The molecule has 0 heterocycles. The molecule has 6 nitrogen and oxygen atoms in total. The molecule has 2 aromatic rings. The molecule has 8 heteroatoms. The number of rotatable bonds is 6. The van der Waals surface area contributed by atoms with Gasteiger partial charge in [0.25, 0.3) is 5.91 Å². The summed E-state index contributed by atoms with van der Waals surface area (Å²) in [5, 5.41) is 3.08. The molecule has 0 saturated heterocycles. The zero-order valence-corrected chi connectivity index (χ0v) is 15.9. The lowest BCUT2D eigenvalue weighted by molar-refractivity contribution is -0.123. The summed E-state index contributed by atoms with van der Waals surface area (Å²) >= 11 is 11.9. The molecule has 0 aliphatic heterocycles. The van der Waals surface area contributed by atoms with Crippen LogP contribution in [0, 0.1) is 0 Å². The van der Waals surface area contributed by atoms with Crippen LogP contribution in [0.2, 0.25) is 10.0 Å². The number of ether oxygens (including phenoxy) is 3. The van der Waals surface area contributed by atoms with E-state index in [4.69, 9.17) is 37.4 Å². The van der Waals surface area contributed by atoms with Crippen molar-refractivity contribution < 1.29 is 23.8 Å². The first-order valence-electron chi connectivity index (χ1n) is 7.55. The quantitative estimate of drug-likeness (QED) is 0.739. The van der Waals surface area contributed by atoms with Gasteiger partial charge in [-0.1, -0.05) is 35.3 Å². The predicted molar refractivity (Wildman–Crippen MR) is 99.5 cm³/mol. The van der Waals surface area contributed by atoms with Crippen molar-refractivity contribution in [1.82, 2.24) is 0 Å². The zero-order valence-electron chi connectivity index (χ0n) is 14.3. The smallest absolute Gasteiger partial charge is 0.342 e. The first-order valence-corrected chi connectivity index (χ1v) is 8.31. The molecule has 0 aliphatic rings. The van der Waals surface area contributed by atoms with Gasteiger partial charge in [-0.3, -0.25) is 4.79 Å². The number of methoxy groups -OCH3 is 2. The lowest BCUT2D eigenvalue weighted by Crippen LogP contribution is -2.30. The highest BCUT2D eigenvalue weighted by molar-refractivity contribution is 6.44. The summed E-state index contributed by atoms with van der Waals surface area (Å²) in [5.74, 6) is -0.666. The summed E-state index contributed by atoms with van der Waals surface area (Å²) in [6.07, 6.45) is -1.08. The molecule has 1 amide bonds. The monoisotopic (exact) mass is 397 g/mol. The van der Waals surface area contributed by atoms with Crippen molar-refractivity contribution in [3.05, 3.63) is 52.0 Å². The minimum atomic E-state index is -1.08. The third kappa shape index (κ3) is 4.39. The molecular formula is C18H17Cl2NO5. The Morgan fingerprint density at radius 3 is 2.38 bits per heavy atom. The third-order valence-corrected chi connectivity index (χ3v) is 4.30. The van der Waals surface area contributed by atoms with Gasteiger partial charge in [0.2, 0.25) is 0 Å². The number of esters is 1. The summed E-state index contributed by atoms with van der Waals surface area (Å²) in [4.78, 5) is 24.7. The van der Waals surface area contributed by atoms with Crippen LogP contribution in [-0.4, -0.2) is 32.2 Å². The van der Waals surface area contributed by atoms with Crippen molar-refractivity contribution in [2.24, 2.45) is 0 Å². The van der Waals surface area contributed by atoms with Crippen LogP contribution in [0.3, 0.4) is 0 Å². The number of carbonyl (C=O) groups excluding carboxylic acids is 2. The van der Waals surface area contributed by atoms with Crippen LogP contribution < -0.4 is 14.8 Å². The average Bonchev–Trinajstić information content (AvgIpc) is 2.64. The molecule has 138 valence electrons. The predicted octanol–water partition coefficient (Wildman–Crippen LogP) is 4.19. The molecule has 0 saturated carbocycles. The molecule has 1 atom stereocenters. The van der Waals surface area contributed by atoms with Crippen LogP contribution in [0.1, 0.15) is 17.3 Å². The van der Waals surface area contributed by atoms with Crippen molar-refractivity contribution in [2.75, 3.05) is 19.5 Å². The van der Waals surface area contributed by atoms with Gasteiger partial charge in [-0.15, -0.1) is 0 Å². The number of hydrogen-bond acceptors (Lipinski definition) is 5. The van der Waals surface area contributed by atoms with E-state index in [1.165, 1.54) is 27.2 Å². The summed E-state index contributed by atoms with van der Waals surface area (Å²) in [6, 6.07) is 9.61. The van der Waals surface area contributed by atoms with E-state index in [-0.39, 0.29) is 16.3 Å². The summed E-state index contributed by atoms with van der Waals surface area (Å²) in [7, 11) is 2.86. The molecule has 0 bridgehead atoms. The SMILES string of the molecule is COc1cccc(C(=O)O[C@@H](C)C(=O)Nc2cccc(Cl)c2Cl)c1OC. The van der Waals surface area contributed by atoms with Crippen molar-refractivity contribution >= 4 is 40.8 Å². The fraction of sp³-hybridized carbons (Fsp3) is 0.222. The second-order valence-corrected chi connectivity index (χ2v) is 5.96. The van der Waals surface area contributed by atoms with Gasteiger partial charge >= 0.3 is 5.97 Å². The molecule has 0 unspecified atom stereocenters. The van der Waals surface area contributed by atoms with E-state index in [9.17, 15) is 9.59 Å². The molecule has 26 heavy (non-hydrogen) atoms. The Morgan fingerprint density at radius 1 is 1.04 bits per heavy atom. The highest BCUT2D eigenvalue weighted by Gasteiger charge is 2.23. The zero-order chi connectivity index (χ0) is 19.3. The molecule has 2 aromatic carbocycles. The van der Waals surface area contributed by atoms with E-state index in [0.717, 1.165) is 0 Å². The van der Waals surface area contributed by atoms with Crippen LogP contribution in [0.15, 0.2) is 36.4 Å². The lowest BCUT2D eigenvalue weighted by Gasteiger charge is -2.16. The van der Waals surface area contributed by atoms with Gasteiger partial charge in [-0.2, -0.15) is 0 Å². The standard InChI is InChI=1S/C18H17Cl2NO5/c1-10(17(22)21-13-8-5-7-12(19)15(13)20)26-18(23)11-6-4-9-14(24-2)16(11)25-3/h4-10H,1-3H3,(H,21,22)/t10-/m0/s1. The Kier molecular flexibility index (Phi) is 6.71. The van der Waals surface area contributed by atoms with Crippen LogP contribution in [0.5, 0.6) is 11.5 Å². The molecule has 2 rings (SSSR count). The summed E-state index contributed by atoms with van der Waals surface area (Å²) < 4.78 is 15.6. The maximum absolute atomic E-state index is 12.4. The van der Waals surface area contributed by atoms with E-state index in [2.05, 4.69) is 5.32 Å². The summed E-state index contributed by atoms with van der Waals surface area (Å²) in [6.45, 7) is 1.44. The highest BCUT2D eigenvalue weighted by Crippen LogP contribution is 2.32. The maximum atomic E-state index is 12.4. The number of carbonyl (C=O) groups is 2. The Labute approximate surface area is 160 Å². The van der Waals surface area contributed by atoms with Crippen molar-refractivity contribution in [3.63, 3.8) is 0 Å². The van der Waals surface area contributed by atoms with Gasteiger partial charge in [0, 0.05) is 0 Å². The maximum Gasteiger partial charge on any atom is 0.342 e. The lowest BCUT2D eigenvalue weighted by atomic mass is 10.2. The topological polar surface area (TPSA) is 73.9 Å². The second kappa shape index (κ2) is 8.78. The van der Waals surface area contributed by atoms with Crippen molar-refractivity contribution in [3.8, 4) is 11.5 Å². The fourth-order valence-corrected chi connectivity index (χ4v) is 2.51. The Balaban J connectivity index is 2.12. The molecule has 0 fully saturated rings. The Bertz CT molecular complexity index is 825. The van der Waals surface area contributed by atoms with E-state index in [0.29, 0.717) is 16.5 Å². The minimum Gasteiger partial charge on any atom is -0.493 e. The first-order chi connectivity index (χ1) is 12.4. The number of benzene rings is 2. The van der Waals surface area contributed by atoms with Gasteiger partial charge < -0.3 is 19.5 Å². The van der Waals surface area contributed by atoms with Crippen LogP contribution >= 0.6 is 23.2 Å². The van der Waals surface area contributed by atoms with Gasteiger partial charge in [0.05, 0.1) is 30.0 Å². The van der Waals surface area contributed by atoms with E-state index >= 15 is 0 Å². The van der Waals surface area contributed by atoms with Crippen LogP contribution in [0.4, 0.5) is 5.69 Å². The molecular weight excluding hydrogens is 381 g/mol. The Hall–Kier alpha value is -2.44. The fourth-order valence-electron chi connectivity index (χ4n) is 2.16. The van der Waals surface area contributed by atoms with Gasteiger partial charge in [0.15, 0.2) is 17.6 Å². The Morgan fingerprint density at radius 2 is 1.73 bits per heavy atom. The normalized spacial score (nSPS) is 11.4. The minimum absolute atomic E-state index is 0.146. The second-order valence-electron chi connectivity index (χ2n) is 5.18. The van der Waals surface area contributed by atoms with E-state index in [1.807, 2.05) is 0 Å². The number of nitrogens with one attached hydrogen (secondary N) is 1. The van der Waals surface area contributed by atoms with Crippen LogP contribution in [-0.2, 0) is 9.53 Å². The number of para-hydroxylation sites is 1. The molecule has 0 aromatic heterocycles. The van der Waals surface area contributed by atoms with Gasteiger partial charge in [-0.25, -0.2) is 4.79 Å². The summed E-state index contributed by atoms with van der Waals surface area (Å²) in [5.41, 5.74) is 0.471. The van der Waals surface area contributed by atoms with E-state index in [1.54, 1.807) is 30.3 Å². The first kappa shape index (κ1) is 19.9. The number of halogens is 2. The largest absolute Gasteiger partial charge is 0.493 e. The molecule has 0 spiro atoms. The molecule has 0 radical (unpaired) electrons. The van der Waals surface area contributed by atoms with Crippen molar-refractivity contribution in [1.29, 1.82) is 0 Å². The van der Waals surface area contributed by atoms with Gasteiger partial charge in [0.1, 0.15) is 5.56 Å². The molecule has 0 aliphatic carbocycles.